The number of carboxylic acids is 1. The van der Waals surface area contributed by atoms with Crippen molar-refractivity contribution in [3.8, 4) is 0 Å². The van der Waals surface area contributed by atoms with Crippen molar-refractivity contribution in [1.82, 2.24) is 5.32 Å². The van der Waals surface area contributed by atoms with E-state index in [0.29, 0.717) is 23.7 Å². The molecule has 0 radical (unpaired) electrons. The van der Waals surface area contributed by atoms with Gasteiger partial charge in [0.1, 0.15) is 0 Å². The molecular weight excluding hydrogens is 346 g/mol. The summed E-state index contributed by atoms with van der Waals surface area (Å²) in [5.41, 5.74) is 1.08. The van der Waals surface area contributed by atoms with Gasteiger partial charge in [-0.25, -0.2) is 0 Å². The minimum absolute atomic E-state index is 0.0489. The number of thiophene rings is 1. The van der Waals surface area contributed by atoms with Gasteiger partial charge < -0.3 is 10.4 Å². The Hall–Kier alpha value is -1.62. The lowest BCUT2D eigenvalue weighted by atomic mass is 9.44. The van der Waals surface area contributed by atoms with Crippen LogP contribution in [0.4, 0.5) is 0 Å². The number of carbonyl (C=O) groups is 2. The summed E-state index contributed by atoms with van der Waals surface area (Å²) in [6, 6.07) is 2.11. The quantitative estimate of drug-likeness (QED) is 0.510. The minimum atomic E-state index is -0.732. The van der Waals surface area contributed by atoms with Crippen molar-refractivity contribution in [3.63, 3.8) is 0 Å². The van der Waals surface area contributed by atoms with Crippen LogP contribution in [0.5, 0.6) is 0 Å². The van der Waals surface area contributed by atoms with Crippen LogP contribution < -0.4 is 5.32 Å². The molecule has 3 fully saturated rings. The van der Waals surface area contributed by atoms with Crippen LogP contribution in [0.25, 0.3) is 0 Å². The van der Waals surface area contributed by atoms with E-state index in [2.05, 4.69) is 31.3 Å². The van der Waals surface area contributed by atoms with E-state index in [4.69, 9.17) is 5.11 Å². The van der Waals surface area contributed by atoms with Gasteiger partial charge in [0.25, 0.3) is 5.91 Å². The number of nitrogens with one attached hydrogen (secondary N) is 1. The zero-order chi connectivity index (χ0) is 18.7. The van der Waals surface area contributed by atoms with E-state index in [1.807, 2.05) is 16.8 Å². The zero-order valence-electron chi connectivity index (χ0n) is 15.6. The van der Waals surface area contributed by atoms with Crippen LogP contribution in [0.15, 0.2) is 29.0 Å². The number of amides is 1. The average Bonchev–Trinajstić information content (AvgIpc) is 3.13. The van der Waals surface area contributed by atoms with Crippen molar-refractivity contribution in [2.24, 2.45) is 23.2 Å². The average molecular weight is 376 g/mol. The number of fused-ring (bicyclic) bond motifs is 2. The topological polar surface area (TPSA) is 66.4 Å². The van der Waals surface area contributed by atoms with Gasteiger partial charge in [0.15, 0.2) is 0 Å². The molecule has 4 rings (SSSR count). The van der Waals surface area contributed by atoms with Crippen molar-refractivity contribution in [1.29, 1.82) is 0 Å². The highest BCUT2D eigenvalue weighted by molar-refractivity contribution is 7.08. The molecule has 0 aliphatic heterocycles. The van der Waals surface area contributed by atoms with Gasteiger partial charge in [0, 0.05) is 23.4 Å². The third-order valence-electron chi connectivity index (χ3n) is 6.52. The van der Waals surface area contributed by atoms with Gasteiger partial charge >= 0.3 is 5.97 Å². The number of carbonyl (C=O) groups excluding carboxylic acids is 1. The third kappa shape index (κ3) is 4.03. The first kappa shape index (κ1) is 19.2. The first-order chi connectivity index (χ1) is 12.4. The smallest absolute Gasteiger partial charge is 0.303 e. The molecule has 1 aromatic rings. The Balaban J connectivity index is 1.59. The van der Waals surface area contributed by atoms with Crippen molar-refractivity contribution in [3.05, 3.63) is 34.5 Å². The molecule has 5 heteroatoms. The fraction of sp³-hybridized carbons (Fsp3) is 0.619. The molecule has 1 heterocycles. The van der Waals surface area contributed by atoms with Gasteiger partial charge in [0.2, 0.25) is 0 Å². The summed E-state index contributed by atoms with van der Waals surface area (Å²) in [4.78, 5) is 23.2. The number of hydrogen-bond acceptors (Lipinski definition) is 3. The fourth-order valence-electron chi connectivity index (χ4n) is 4.76. The van der Waals surface area contributed by atoms with Crippen LogP contribution >= 0.6 is 11.3 Å². The minimum Gasteiger partial charge on any atom is -0.481 e. The summed E-state index contributed by atoms with van der Waals surface area (Å²) in [6.07, 6.45) is 9.37. The number of unbranched alkanes of at least 4 members (excludes halogenated alkanes) is 1. The van der Waals surface area contributed by atoms with Crippen molar-refractivity contribution in [2.45, 2.75) is 58.4 Å². The molecule has 0 saturated heterocycles. The molecule has 2 bridgehead atoms. The molecule has 1 amide bonds. The van der Waals surface area contributed by atoms with Crippen LogP contribution in [0.1, 0.15) is 62.7 Å². The van der Waals surface area contributed by atoms with Gasteiger partial charge in [0.05, 0.1) is 0 Å². The summed E-state index contributed by atoms with van der Waals surface area (Å²) in [7, 11) is 0. The number of rotatable bonds is 8. The van der Waals surface area contributed by atoms with Crippen LogP contribution in [0.3, 0.4) is 0 Å². The molecule has 0 aromatic carbocycles. The van der Waals surface area contributed by atoms with E-state index in [0.717, 1.165) is 30.7 Å². The molecule has 142 valence electrons. The van der Waals surface area contributed by atoms with E-state index in [1.165, 1.54) is 6.42 Å². The highest BCUT2D eigenvalue weighted by atomic mass is 32.1. The molecule has 4 nitrogen and oxygen atoms in total. The van der Waals surface area contributed by atoms with Crippen molar-refractivity contribution < 1.29 is 14.7 Å². The second-order valence-corrected chi connectivity index (χ2v) is 9.14. The Kier molecular flexibility index (Phi) is 5.86. The highest BCUT2D eigenvalue weighted by Crippen LogP contribution is 2.61. The molecule has 2 N–H and O–H groups in total. The molecule has 4 atom stereocenters. The Morgan fingerprint density at radius 2 is 2.15 bits per heavy atom. The van der Waals surface area contributed by atoms with E-state index < -0.39 is 5.97 Å². The van der Waals surface area contributed by atoms with E-state index in [9.17, 15) is 9.59 Å². The van der Waals surface area contributed by atoms with Crippen LogP contribution in [-0.4, -0.2) is 23.0 Å². The van der Waals surface area contributed by atoms with Crippen molar-refractivity contribution >= 4 is 23.2 Å². The third-order valence-corrected chi connectivity index (χ3v) is 7.21. The van der Waals surface area contributed by atoms with Gasteiger partial charge in [-0.3, -0.25) is 9.59 Å². The Labute approximate surface area is 159 Å². The monoisotopic (exact) mass is 375 g/mol. The van der Waals surface area contributed by atoms with Crippen LogP contribution in [-0.2, 0) is 4.79 Å². The molecule has 0 spiro atoms. The second kappa shape index (κ2) is 7.95. The normalized spacial score (nSPS) is 29.3. The standard InChI is InChI=1S/C21H29NO3S/c1-21(2)16-11-14(7-5-3-4-6-8-18(23)24)19(17(21)12-16)22-20(25)15-9-10-26-13-15/h3,5,9-10,13-14,16-17,19H,4,6-8,11-12H2,1-2H3,(H,22,25)(H,23,24)/t14-,16-,17-,19+/m0/s1. The zero-order valence-corrected chi connectivity index (χ0v) is 16.4. The number of aliphatic carboxylic acids is 1. The molecule has 3 saturated carbocycles. The maximum atomic E-state index is 12.6. The first-order valence-corrected chi connectivity index (χ1v) is 10.5. The predicted octanol–water partition coefficient (Wildman–Crippen LogP) is 4.73. The summed E-state index contributed by atoms with van der Waals surface area (Å²) in [5.74, 6) is 1.10. The number of allylic oxidation sites excluding steroid dienone is 2. The first-order valence-electron chi connectivity index (χ1n) is 9.59. The lowest BCUT2D eigenvalue weighted by molar-refractivity contribution is -0.137. The second-order valence-electron chi connectivity index (χ2n) is 8.36. The fourth-order valence-corrected chi connectivity index (χ4v) is 5.39. The van der Waals surface area contributed by atoms with E-state index in [1.54, 1.807) is 11.3 Å². The lowest BCUT2D eigenvalue weighted by Gasteiger charge is -2.62. The van der Waals surface area contributed by atoms with E-state index >= 15 is 0 Å². The SMILES string of the molecule is CC1(C)[C@H]2C[C@H](CC=CCCCC(=O)O)[C@@H](NC(=O)c3ccsc3)[C@@H]1C2. The Morgan fingerprint density at radius 1 is 1.35 bits per heavy atom. The molecule has 3 aliphatic carbocycles. The number of carboxylic acid groups (broad SMARTS) is 1. The van der Waals surface area contributed by atoms with Gasteiger partial charge in [-0.05, 0) is 66.7 Å². The molecule has 26 heavy (non-hydrogen) atoms. The summed E-state index contributed by atoms with van der Waals surface area (Å²) in [5, 5.41) is 15.9. The lowest BCUT2D eigenvalue weighted by Crippen LogP contribution is -2.63. The summed E-state index contributed by atoms with van der Waals surface area (Å²) in [6.45, 7) is 4.68. The van der Waals surface area contributed by atoms with Crippen LogP contribution in [0.2, 0.25) is 0 Å². The highest BCUT2D eigenvalue weighted by Gasteiger charge is 2.57. The Morgan fingerprint density at radius 3 is 2.81 bits per heavy atom. The Bertz CT molecular complexity index is 665. The maximum Gasteiger partial charge on any atom is 0.303 e. The van der Waals surface area contributed by atoms with Crippen molar-refractivity contribution in [2.75, 3.05) is 0 Å². The summed E-state index contributed by atoms with van der Waals surface area (Å²) >= 11 is 1.55. The molecular formula is C21H29NO3S. The van der Waals surface area contributed by atoms with E-state index in [-0.39, 0.29) is 18.4 Å². The predicted molar refractivity (Wildman–Crippen MR) is 104 cm³/mol. The maximum absolute atomic E-state index is 12.6. The van der Waals surface area contributed by atoms with Gasteiger partial charge in [-0.2, -0.15) is 11.3 Å². The summed E-state index contributed by atoms with van der Waals surface area (Å²) < 4.78 is 0. The molecule has 1 aromatic heterocycles. The molecule has 0 unspecified atom stereocenters. The van der Waals surface area contributed by atoms with Gasteiger partial charge in [-0.1, -0.05) is 26.0 Å². The van der Waals surface area contributed by atoms with Gasteiger partial charge in [-0.15, -0.1) is 0 Å². The number of hydrogen-bond donors (Lipinski definition) is 2. The molecule has 3 aliphatic rings. The van der Waals surface area contributed by atoms with Crippen LogP contribution in [0, 0.1) is 23.2 Å². The largest absolute Gasteiger partial charge is 0.481 e.